The van der Waals surface area contributed by atoms with E-state index in [2.05, 4.69) is 6.92 Å². The van der Waals surface area contributed by atoms with Crippen LogP contribution in [-0.4, -0.2) is 38.5 Å². The topological polar surface area (TPSA) is 44.8 Å². The smallest absolute Gasteiger partial charge is 0.305 e. The maximum absolute atomic E-state index is 11.9. The predicted molar refractivity (Wildman–Crippen MR) is 160 cm³/mol. The molecule has 38 heavy (non-hydrogen) atoms. The van der Waals surface area contributed by atoms with Gasteiger partial charge in [-0.05, 0) is 43.9 Å². The first-order valence-corrected chi connectivity index (χ1v) is 17.1. The van der Waals surface area contributed by atoms with Crippen LogP contribution < -0.4 is 0 Å². The number of rotatable bonds is 24. The van der Waals surface area contributed by atoms with Gasteiger partial charge in [-0.2, -0.15) is 0 Å². The molecule has 0 aromatic carbocycles. The van der Waals surface area contributed by atoms with E-state index in [1.807, 2.05) is 0 Å². The Labute approximate surface area is 236 Å². The second-order valence-corrected chi connectivity index (χ2v) is 12.3. The van der Waals surface area contributed by atoms with Crippen LogP contribution in [-0.2, 0) is 19.0 Å². The molecule has 0 aromatic rings. The molecule has 0 spiro atoms. The first-order valence-electron chi connectivity index (χ1n) is 17.1. The van der Waals surface area contributed by atoms with E-state index in [0.717, 1.165) is 24.7 Å². The summed E-state index contributed by atoms with van der Waals surface area (Å²) in [5.74, 6) is 1.87. The standard InChI is InChI=1S/C34H64O4/c1-2-3-4-5-6-7-8-9-10-11-12-13-14-15-19-22-34(35)38-30-28-36-27-29-37-33-25-23-32(24-26-33)31-20-17-16-18-21-31/h31-33H,2-30H2,1H3. The third-order valence-electron chi connectivity index (χ3n) is 9.09. The zero-order chi connectivity index (χ0) is 26.9. The second kappa shape index (κ2) is 24.2. The number of hydrogen-bond donors (Lipinski definition) is 0. The lowest BCUT2D eigenvalue weighted by Gasteiger charge is -2.35. The minimum Gasteiger partial charge on any atom is -0.463 e. The number of carbonyl (C=O) groups excluding carboxylic acids is 1. The van der Waals surface area contributed by atoms with Crippen LogP contribution in [0.4, 0.5) is 0 Å². The molecular weight excluding hydrogens is 472 g/mol. The van der Waals surface area contributed by atoms with Crippen LogP contribution >= 0.6 is 0 Å². The Morgan fingerprint density at radius 2 is 1.05 bits per heavy atom. The van der Waals surface area contributed by atoms with Gasteiger partial charge in [0.15, 0.2) is 0 Å². The maximum atomic E-state index is 11.9. The third-order valence-corrected chi connectivity index (χ3v) is 9.09. The van der Waals surface area contributed by atoms with Gasteiger partial charge in [0.05, 0.1) is 25.9 Å². The minimum atomic E-state index is -0.0748. The molecule has 4 nitrogen and oxygen atoms in total. The lowest BCUT2D eigenvalue weighted by Crippen LogP contribution is -2.28. The summed E-state index contributed by atoms with van der Waals surface area (Å²) in [6.45, 7) is 4.38. The van der Waals surface area contributed by atoms with E-state index in [1.54, 1.807) is 0 Å². The Morgan fingerprint density at radius 3 is 1.63 bits per heavy atom. The third kappa shape index (κ3) is 17.9. The molecule has 0 unspecified atom stereocenters. The second-order valence-electron chi connectivity index (χ2n) is 12.3. The molecule has 0 aromatic heterocycles. The Hall–Kier alpha value is -0.610. The summed E-state index contributed by atoms with van der Waals surface area (Å²) >= 11 is 0. The molecule has 0 aliphatic heterocycles. The summed E-state index contributed by atoms with van der Waals surface area (Å²) in [5, 5.41) is 0. The van der Waals surface area contributed by atoms with Crippen molar-refractivity contribution in [1.82, 2.24) is 0 Å². The van der Waals surface area contributed by atoms with Crippen molar-refractivity contribution >= 4 is 5.97 Å². The molecule has 2 fully saturated rings. The number of carbonyl (C=O) groups is 1. The van der Waals surface area contributed by atoms with Crippen molar-refractivity contribution in [2.24, 2.45) is 11.8 Å². The molecule has 2 saturated carbocycles. The van der Waals surface area contributed by atoms with Gasteiger partial charge in [-0.1, -0.05) is 129 Å². The molecule has 0 atom stereocenters. The lowest BCUT2D eigenvalue weighted by atomic mass is 9.73. The molecular formula is C34H64O4. The average molecular weight is 537 g/mol. The Kier molecular flexibility index (Phi) is 21.4. The Balaban J connectivity index is 1.25. The van der Waals surface area contributed by atoms with Gasteiger partial charge in [0, 0.05) is 6.42 Å². The number of unbranched alkanes of at least 4 members (excludes halogenated alkanes) is 14. The molecule has 0 saturated heterocycles. The van der Waals surface area contributed by atoms with Crippen molar-refractivity contribution in [2.45, 2.75) is 174 Å². The van der Waals surface area contributed by atoms with Gasteiger partial charge < -0.3 is 14.2 Å². The molecule has 0 amide bonds. The van der Waals surface area contributed by atoms with Crippen LogP contribution in [0.15, 0.2) is 0 Å². The normalized spacial score (nSPS) is 20.6. The van der Waals surface area contributed by atoms with Gasteiger partial charge in [-0.25, -0.2) is 0 Å². The fraction of sp³-hybridized carbons (Fsp3) is 0.971. The van der Waals surface area contributed by atoms with E-state index in [1.165, 1.54) is 141 Å². The van der Waals surface area contributed by atoms with Gasteiger partial charge in [0.25, 0.3) is 0 Å². The van der Waals surface area contributed by atoms with E-state index < -0.39 is 0 Å². The molecule has 0 heterocycles. The SMILES string of the molecule is CCCCCCCCCCCCCCCCCC(=O)OCCOCCOC1CCC(C2CCCCC2)CC1. The van der Waals surface area contributed by atoms with Gasteiger partial charge in [-0.3, -0.25) is 4.79 Å². The summed E-state index contributed by atoms with van der Waals surface area (Å²) < 4.78 is 17.0. The van der Waals surface area contributed by atoms with Gasteiger partial charge >= 0.3 is 5.97 Å². The molecule has 0 radical (unpaired) electrons. The largest absolute Gasteiger partial charge is 0.463 e. The van der Waals surface area contributed by atoms with Crippen molar-refractivity contribution in [3.05, 3.63) is 0 Å². The molecule has 0 N–H and O–H groups in total. The first kappa shape index (κ1) is 33.6. The highest BCUT2D eigenvalue weighted by Gasteiger charge is 2.28. The van der Waals surface area contributed by atoms with E-state index in [-0.39, 0.29) is 5.97 Å². The molecule has 0 bridgehead atoms. The van der Waals surface area contributed by atoms with Crippen LogP contribution in [0, 0.1) is 11.8 Å². The van der Waals surface area contributed by atoms with E-state index in [0.29, 0.717) is 39.0 Å². The van der Waals surface area contributed by atoms with Crippen LogP contribution in [0.1, 0.15) is 167 Å². The van der Waals surface area contributed by atoms with Gasteiger partial charge in [-0.15, -0.1) is 0 Å². The van der Waals surface area contributed by atoms with Crippen molar-refractivity contribution < 1.29 is 19.0 Å². The minimum absolute atomic E-state index is 0.0748. The lowest BCUT2D eigenvalue weighted by molar-refractivity contribution is -0.145. The van der Waals surface area contributed by atoms with Crippen molar-refractivity contribution in [3.63, 3.8) is 0 Å². The quantitative estimate of drug-likeness (QED) is 0.0909. The monoisotopic (exact) mass is 536 g/mol. The highest BCUT2D eigenvalue weighted by molar-refractivity contribution is 5.69. The first-order chi connectivity index (χ1) is 18.8. The summed E-state index contributed by atoms with van der Waals surface area (Å²) in [5.41, 5.74) is 0. The predicted octanol–water partition coefficient (Wildman–Crippen LogP) is 9.96. The number of esters is 1. The Bertz CT molecular complexity index is 523. The highest BCUT2D eigenvalue weighted by atomic mass is 16.6. The van der Waals surface area contributed by atoms with Gasteiger partial charge in [0.1, 0.15) is 6.61 Å². The molecule has 224 valence electrons. The molecule has 2 aliphatic rings. The summed E-state index contributed by atoms with van der Waals surface area (Å²) in [4.78, 5) is 11.9. The number of hydrogen-bond acceptors (Lipinski definition) is 4. The number of ether oxygens (including phenoxy) is 3. The highest BCUT2D eigenvalue weighted by Crippen LogP contribution is 2.38. The average Bonchev–Trinajstić information content (AvgIpc) is 2.95. The van der Waals surface area contributed by atoms with Crippen LogP contribution in [0.3, 0.4) is 0 Å². The molecule has 2 rings (SSSR count). The zero-order valence-electron chi connectivity index (χ0n) is 25.4. The fourth-order valence-corrected chi connectivity index (χ4v) is 6.64. The van der Waals surface area contributed by atoms with Crippen molar-refractivity contribution in [1.29, 1.82) is 0 Å². The van der Waals surface area contributed by atoms with E-state index in [9.17, 15) is 4.79 Å². The van der Waals surface area contributed by atoms with Gasteiger partial charge in [0.2, 0.25) is 0 Å². The van der Waals surface area contributed by atoms with Crippen LogP contribution in [0.5, 0.6) is 0 Å². The van der Waals surface area contributed by atoms with Crippen molar-refractivity contribution in [2.75, 3.05) is 26.4 Å². The van der Waals surface area contributed by atoms with Crippen molar-refractivity contribution in [3.8, 4) is 0 Å². The van der Waals surface area contributed by atoms with E-state index >= 15 is 0 Å². The summed E-state index contributed by atoms with van der Waals surface area (Å²) in [7, 11) is 0. The van der Waals surface area contributed by atoms with Crippen LogP contribution in [0.2, 0.25) is 0 Å². The maximum Gasteiger partial charge on any atom is 0.305 e. The fourth-order valence-electron chi connectivity index (χ4n) is 6.64. The Morgan fingerprint density at radius 1 is 0.553 bits per heavy atom. The molecule has 2 aliphatic carbocycles. The van der Waals surface area contributed by atoms with E-state index in [4.69, 9.17) is 14.2 Å². The summed E-state index contributed by atoms with van der Waals surface area (Å²) in [6.07, 6.45) is 33.5. The van der Waals surface area contributed by atoms with Crippen LogP contribution in [0.25, 0.3) is 0 Å². The summed E-state index contributed by atoms with van der Waals surface area (Å²) in [6, 6.07) is 0. The zero-order valence-corrected chi connectivity index (χ0v) is 25.4. The molecule has 4 heteroatoms.